The highest BCUT2D eigenvalue weighted by Crippen LogP contribution is 2.26. The lowest BCUT2D eigenvalue weighted by molar-refractivity contribution is -0.133. The fourth-order valence-corrected chi connectivity index (χ4v) is 4.96. The molecule has 0 radical (unpaired) electrons. The van der Waals surface area contributed by atoms with E-state index < -0.39 is 0 Å². The Morgan fingerprint density at radius 3 is 2.58 bits per heavy atom. The van der Waals surface area contributed by atoms with E-state index in [1.165, 1.54) is 5.39 Å². The fraction of sp³-hybridized carbons (Fsp3) is 0.250. The third-order valence-corrected chi connectivity index (χ3v) is 6.93. The van der Waals surface area contributed by atoms with Crippen LogP contribution in [0.4, 0.5) is 0 Å². The molecule has 2 aromatic carbocycles. The number of carbonyl (C=O) groups is 1. The number of amides is 1. The molecule has 31 heavy (non-hydrogen) atoms. The number of piperazine rings is 1. The van der Waals surface area contributed by atoms with Gasteiger partial charge in [0.1, 0.15) is 11.6 Å². The van der Waals surface area contributed by atoms with Gasteiger partial charge in [-0.15, -0.1) is 11.3 Å². The highest BCUT2D eigenvalue weighted by atomic mass is 35.5. The van der Waals surface area contributed by atoms with Crippen molar-refractivity contribution in [2.24, 2.45) is 0 Å². The van der Waals surface area contributed by atoms with Gasteiger partial charge in [-0.05, 0) is 29.7 Å². The third kappa shape index (κ3) is 4.51. The van der Waals surface area contributed by atoms with Crippen LogP contribution in [0.1, 0.15) is 5.69 Å². The second kappa shape index (κ2) is 8.83. The molecule has 7 heteroatoms. The molecular formula is C24H23ClN4OS. The number of para-hydroxylation sites is 1. The van der Waals surface area contributed by atoms with Crippen molar-refractivity contribution < 1.29 is 4.79 Å². The van der Waals surface area contributed by atoms with E-state index in [-0.39, 0.29) is 5.91 Å². The van der Waals surface area contributed by atoms with Crippen LogP contribution in [0, 0.1) is 0 Å². The maximum absolute atomic E-state index is 12.8. The van der Waals surface area contributed by atoms with Gasteiger partial charge in [-0.3, -0.25) is 9.69 Å². The van der Waals surface area contributed by atoms with Gasteiger partial charge in [0.05, 0.1) is 5.69 Å². The largest absolute Gasteiger partial charge is 0.339 e. The molecule has 1 aliphatic rings. The first-order valence-electron chi connectivity index (χ1n) is 10.4. The van der Waals surface area contributed by atoms with E-state index in [9.17, 15) is 4.79 Å². The Balaban J connectivity index is 1.15. The van der Waals surface area contributed by atoms with E-state index in [1.54, 1.807) is 11.3 Å². The third-order valence-electron chi connectivity index (χ3n) is 5.74. The van der Waals surface area contributed by atoms with Crippen molar-refractivity contribution in [1.29, 1.82) is 0 Å². The van der Waals surface area contributed by atoms with Crippen LogP contribution in [-0.4, -0.2) is 51.4 Å². The number of fused-ring (bicyclic) bond motifs is 1. The highest BCUT2D eigenvalue weighted by molar-refractivity contribution is 7.13. The van der Waals surface area contributed by atoms with Gasteiger partial charge < -0.3 is 9.47 Å². The van der Waals surface area contributed by atoms with Gasteiger partial charge in [0.15, 0.2) is 0 Å². The zero-order valence-corrected chi connectivity index (χ0v) is 18.6. The van der Waals surface area contributed by atoms with E-state index in [0.717, 1.165) is 59.5 Å². The average molecular weight is 451 g/mol. The minimum atomic E-state index is 0.180. The molecular weight excluding hydrogens is 428 g/mol. The number of nitrogens with zero attached hydrogens (tertiary/aromatic N) is 4. The predicted molar refractivity (Wildman–Crippen MR) is 126 cm³/mol. The molecule has 1 saturated heterocycles. The summed E-state index contributed by atoms with van der Waals surface area (Å²) in [6.45, 7) is 4.45. The normalized spacial score (nSPS) is 14.9. The monoisotopic (exact) mass is 450 g/mol. The number of thiazole rings is 1. The molecule has 0 aliphatic carbocycles. The van der Waals surface area contributed by atoms with E-state index in [2.05, 4.69) is 28.5 Å². The Morgan fingerprint density at radius 2 is 1.77 bits per heavy atom. The van der Waals surface area contributed by atoms with Crippen molar-refractivity contribution in [3.8, 4) is 10.6 Å². The second-order valence-corrected chi connectivity index (χ2v) is 9.10. The van der Waals surface area contributed by atoms with Crippen LogP contribution >= 0.6 is 22.9 Å². The molecule has 5 nitrogen and oxygen atoms in total. The molecule has 1 fully saturated rings. The van der Waals surface area contributed by atoms with Gasteiger partial charge in [0.25, 0.3) is 0 Å². The van der Waals surface area contributed by atoms with E-state index in [0.29, 0.717) is 6.54 Å². The lowest BCUT2D eigenvalue weighted by atomic mass is 10.2. The molecule has 158 valence electrons. The van der Waals surface area contributed by atoms with E-state index >= 15 is 0 Å². The van der Waals surface area contributed by atoms with Crippen LogP contribution in [0.3, 0.4) is 0 Å². The van der Waals surface area contributed by atoms with Gasteiger partial charge in [0, 0.05) is 60.4 Å². The van der Waals surface area contributed by atoms with Crippen molar-refractivity contribution in [2.75, 3.05) is 26.2 Å². The molecule has 0 unspecified atom stereocenters. The molecule has 2 aromatic heterocycles. The Hall–Kier alpha value is -2.67. The van der Waals surface area contributed by atoms with Crippen LogP contribution in [0.15, 0.2) is 66.2 Å². The maximum atomic E-state index is 12.8. The van der Waals surface area contributed by atoms with Crippen LogP contribution in [0.25, 0.3) is 21.5 Å². The minimum absolute atomic E-state index is 0.180. The zero-order chi connectivity index (χ0) is 21.2. The minimum Gasteiger partial charge on any atom is -0.339 e. The zero-order valence-electron chi connectivity index (χ0n) is 17.1. The van der Waals surface area contributed by atoms with Gasteiger partial charge in [-0.25, -0.2) is 4.98 Å². The number of carbonyl (C=O) groups excluding carboxylic acids is 1. The molecule has 5 rings (SSSR count). The molecule has 0 bridgehead atoms. The Morgan fingerprint density at radius 1 is 1.00 bits per heavy atom. The lowest BCUT2D eigenvalue weighted by Crippen LogP contribution is -2.49. The van der Waals surface area contributed by atoms with Crippen molar-refractivity contribution in [1.82, 2.24) is 19.4 Å². The summed E-state index contributed by atoms with van der Waals surface area (Å²) in [5.74, 6) is 0.180. The summed E-state index contributed by atoms with van der Waals surface area (Å²) in [5.41, 5.74) is 3.27. The summed E-state index contributed by atoms with van der Waals surface area (Å²) >= 11 is 7.64. The van der Waals surface area contributed by atoms with Gasteiger partial charge in [-0.1, -0.05) is 41.9 Å². The van der Waals surface area contributed by atoms with E-state index in [1.807, 2.05) is 52.1 Å². The summed E-state index contributed by atoms with van der Waals surface area (Å²) in [7, 11) is 0. The SMILES string of the molecule is O=C(Cn1ccc2ccccc21)N1CCN(Cc2csc(-c3ccc(Cl)cc3)n2)CC1. The first-order valence-corrected chi connectivity index (χ1v) is 11.7. The molecule has 3 heterocycles. The van der Waals surface area contributed by atoms with Crippen LogP contribution < -0.4 is 0 Å². The van der Waals surface area contributed by atoms with Gasteiger partial charge in [-0.2, -0.15) is 0 Å². The average Bonchev–Trinajstić information content (AvgIpc) is 3.42. The number of hydrogen-bond acceptors (Lipinski definition) is 4. The maximum Gasteiger partial charge on any atom is 0.242 e. The number of aromatic nitrogens is 2. The number of hydrogen-bond donors (Lipinski definition) is 0. The highest BCUT2D eigenvalue weighted by Gasteiger charge is 2.22. The molecule has 0 N–H and O–H groups in total. The Kier molecular flexibility index (Phi) is 5.76. The summed E-state index contributed by atoms with van der Waals surface area (Å²) < 4.78 is 2.04. The van der Waals surface area contributed by atoms with Crippen molar-refractivity contribution >= 4 is 39.7 Å². The van der Waals surface area contributed by atoms with Crippen molar-refractivity contribution in [2.45, 2.75) is 13.1 Å². The Bertz CT molecular complexity index is 1190. The first-order chi connectivity index (χ1) is 15.2. The first kappa shape index (κ1) is 20.2. The van der Waals surface area contributed by atoms with Crippen LogP contribution in [0.5, 0.6) is 0 Å². The molecule has 1 amide bonds. The van der Waals surface area contributed by atoms with Crippen LogP contribution in [0.2, 0.25) is 5.02 Å². The number of halogens is 1. The second-order valence-electron chi connectivity index (χ2n) is 7.81. The molecule has 1 aliphatic heterocycles. The van der Waals surface area contributed by atoms with E-state index in [4.69, 9.17) is 16.6 Å². The fourth-order valence-electron chi connectivity index (χ4n) is 4.01. The standard InChI is InChI=1S/C24H23ClN4OS/c25-20-7-5-19(6-8-20)24-26-21(17-31-24)15-27-11-13-28(14-12-27)23(30)16-29-10-9-18-3-1-2-4-22(18)29/h1-10,17H,11-16H2. The quantitative estimate of drug-likeness (QED) is 0.440. The topological polar surface area (TPSA) is 41.4 Å². The predicted octanol–water partition coefficient (Wildman–Crippen LogP) is 4.76. The summed E-state index contributed by atoms with van der Waals surface area (Å²) in [6.07, 6.45) is 2.00. The number of benzene rings is 2. The molecule has 0 spiro atoms. The lowest BCUT2D eigenvalue weighted by Gasteiger charge is -2.34. The van der Waals surface area contributed by atoms with Gasteiger partial charge >= 0.3 is 0 Å². The summed E-state index contributed by atoms with van der Waals surface area (Å²) in [6, 6.07) is 18.0. The molecule has 0 saturated carbocycles. The van der Waals surface area contributed by atoms with Crippen LogP contribution in [-0.2, 0) is 17.9 Å². The Labute approximate surface area is 190 Å². The van der Waals surface area contributed by atoms with Gasteiger partial charge in [0.2, 0.25) is 5.91 Å². The smallest absolute Gasteiger partial charge is 0.242 e. The summed E-state index contributed by atoms with van der Waals surface area (Å²) in [4.78, 5) is 22.0. The van der Waals surface area contributed by atoms with Crippen molar-refractivity contribution in [3.63, 3.8) is 0 Å². The molecule has 0 atom stereocenters. The summed E-state index contributed by atoms with van der Waals surface area (Å²) in [5, 5.41) is 5.04. The van der Waals surface area contributed by atoms with Crippen molar-refractivity contribution in [3.05, 3.63) is 76.9 Å². The number of rotatable bonds is 5. The molecule has 4 aromatic rings.